The van der Waals surface area contributed by atoms with Gasteiger partial charge in [0.1, 0.15) is 0 Å². The second-order valence-electron chi connectivity index (χ2n) is 9.01. The van der Waals surface area contributed by atoms with Gasteiger partial charge < -0.3 is 4.57 Å². The van der Waals surface area contributed by atoms with Gasteiger partial charge in [-0.05, 0) is 90.7 Å². The van der Waals surface area contributed by atoms with E-state index < -0.39 is 0 Å². The summed E-state index contributed by atoms with van der Waals surface area (Å²) in [6.45, 7) is 4.51. The Morgan fingerprint density at radius 1 is 0.789 bits per heavy atom. The third-order valence-electron chi connectivity index (χ3n) is 6.69. The molecule has 0 aliphatic carbocycles. The molecule has 5 nitrogen and oxygen atoms in total. The fraction of sp³-hybridized carbons (Fsp3) is 0.0909. The maximum absolute atomic E-state index is 12.0. The Labute approximate surface area is 221 Å². The van der Waals surface area contributed by atoms with Gasteiger partial charge >= 0.3 is 0 Å². The lowest BCUT2D eigenvalue weighted by Gasteiger charge is -2.05. The standard InChI is InChI=1S/C33H24N4O/c1-3-37-32-10-6-24(16-30(32)31-19-25(22(2)38)9-11-33(31)37)5-8-27-18-28(20-34)26(17-29(27)21-35)7-4-23-12-14-36-15-13-23/h4-19H,3H2,1-2H3/b7-4+,8-5+. The Kier molecular flexibility index (Phi) is 6.68. The van der Waals surface area contributed by atoms with Crippen molar-refractivity contribution in [3.05, 3.63) is 112 Å². The van der Waals surface area contributed by atoms with Crippen molar-refractivity contribution in [3.63, 3.8) is 0 Å². The minimum absolute atomic E-state index is 0.0387. The smallest absolute Gasteiger partial charge is 0.159 e. The van der Waals surface area contributed by atoms with Gasteiger partial charge in [-0.2, -0.15) is 10.5 Å². The monoisotopic (exact) mass is 492 g/mol. The lowest BCUT2D eigenvalue weighted by Crippen LogP contribution is -1.94. The van der Waals surface area contributed by atoms with Crippen LogP contribution in [0.25, 0.3) is 46.1 Å². The van der Waals surface area contributed by atoms with E-state index in [0.29, 0.717) is 27.8 Å². The summed E-state index contributed by atoms with van der Waals surface area (Å²) in [5, 5.41) is 21.7. The second-order valence-corrected chi connectivity index (χ2v) is 9.01. The van der Waals surface area contributed by atoms with Crippen LogP contribution in [-0.2, 0) is 6.54 Å². The molecule has 0 aliphatic rings. The number of nitrogens with zero attached hydrogens (tertiary/aromatic N) is 4. The van der Waals surface area contributed by atoms with Crippen molar-refractivity contribution in [1.82, 2.24) is 9.55 Å². The number of hydrogen-bond acceptors (Lipinski definition) is 4. The molecule has 0 N–H and O–H groups in total. The molecule has 5 aromatic rings. The number of aryl methyl sites for hydroxylation is 1. The maximum Gasteiger partial charge on any atom is 0.159 e. The van der Waals surface area contributed by atoms with E-state index in [2.05, 4.69) is 40.7 Å². The molecule has 2 heterocycles. The second kappa shape index (κ2) is 10.4. The number of rotatable bonds is 6. The van der Waals surface area contributed by atoms with Crippen LogP contribution in [0.1, 0.15) is 57.6 Å². The van der Waals surface area contributed by atoms with Crippen molar-refractivity contribution in [3.8, 4) is 12.1 Å². The van der Waals surface area contributed by atoms with E-state index in [9.17, 15) is 15.3 Å². The van der Waals surface area contributed by atoms with Crippen LogP contribution in [-0.4, -0.2) is 15.3 Å². The summed E-state index contributed by atoms with van der Waals surface area (Å²) in [7, 11) is 0. The van der Waals surface area contributed by atoms with E-state index in [1.165, 1.54) is 0 Å². The molecule has 3 aromatic carbocycles. The molecule has 0 saturated carbocycles. The lowest BCUT2D eigenvalue weighted by molar-refractivity contribution is 0.101. The Bertz CT molecular complexity index is 1840. The molecule has 0 radical (unpaired) electrons. The largest absolute Gasteiger partial charge is 0.341 e. The first-order valence-corrected chi connectivity index (χ1v) is 12.3. The van der Waals surface area contributed by atoms with Crippen LogP contribution in [0.3, 0.4) is 0 Å². The topological polar surface area (TPSA) is 82.5 Å². The molecular weight excluding hydrogens is 468 g/mol. The van der Waals surface area contributed by atoms with Crippen LogP contribution < -0.4 is 0 Å². The third kappa shape index (κ3) is 4.62. The Morgan fingerprint density at radius 2 is 1.37 bits per heavy atom. The van der Waals surface area contributed by atoms with Crippen LogP contribution in [0.15, 0.2) is 73.1 Å². The highest BCUT2D eigenvalue weighted by Crippen LogP contribution is 2.31. The first-order chi connectivity index (χ1) is 18.5. The fourth-order valence-electron chi connectivity index (χ4n) is 4.73. The molecule has 0 aliphatic heterocycles. The number of carbonyl (C=O) groups is 1. The van der Waals surface area contributed by atoms with Crippen molar-refractivity contribution < 1.29 is 4.79 Å². The molecule has 0 saturated heterocycles. The molecule has 182 valence electrons. The number of pyridine rings is 1. The van der Waals surface area contributed by atoms with Gasteiger partial charge in [-0.3, -0.25) is 9.78 Å². The first-order valence-electron chi connectivity index (χ1n) is 12.3. The highest BCUT2D eigenvalue weighted by molar-refractivity contribution is 6.11. The number of hydrogen-bond donors (Lipinski definition) is 0. The van der Waals surface area contributed by atoms with Gasteiger partial charge in [0.2, 0.25) is 0 Å². The molecule has 0 atom stereocenters. The Balaban J connectivity index is 1.54. The summed E-state index contributed by atoms with van der Waals surface area (Å²) in [6, 6.07) is 23.9. The number of nitriles is 2. The third-order valence-corrected chi connectivity index (χ3v) is 6.69. The number of ketones is 1. The number of Topliss-reactive ketones (excluding diaryl/α,β-unsaturated/α-hetero) is 1. The molecular formula is C33H24N4O. The quantitative estimate of drug-likeness (QED) is 0.182. The van der Waals surface area contributed by atoms with Gasteiger partial charge in [-0.15, -0.1) is 0 Å². The van der Waals surface area contributed by atoms with E-state index in [0.717, 1.165) is 39.5 Å². The molecule has 0 fully saturated rings. The molecule has 5 heteroatoms. The number of carbonyl (C=O) groups excluding carboxylic acids is 1. The highest BCUT2D eigenvalue weighted by Gasteiger charge is 2.12. The van der Waals surface area contributed by atoms with E-state index >= 15 is 0 Å². The average Bonchev–Trinajstić information content (AvgIpc) is 3.27. The SMILES string of the molecule is CCn1c2ccc(/C=C/c3cc(C#N)c(/C=C/c4ccncc4)cc3C#N)cc2c2cc(C(C)=O)ccc21. The Hall–Kier alpha value is -5.26. The van der Waals surface area contributed by atoms with Crippen molar-refractivity contribution in [2.24, 2.45) is 0 Å². The predicted octanol–water partition coefficient (Wildman–Crippen LogP) is 7.50. The van der Waals surface area contributed by atoms with Crippen LogP contribution in [0.5, 0.6) is 0 Å². The van der Waals surface area contributed by atoms with Crippen molar-refractivity contribution >= 4 is 51.9 Å². The number of aromatic nitrogens is 2. The van der Waals surface area contributed by atoms with E-state index in [-0.39, 0.29) is 5.78 Å². The Morgan fingerprint density at radius 3 is 1.95 bits per heavy atom. The summed E-state index contributed by atoms with van der Waals surface area (Å²) >= 11 is 0. The van der Waals surface area contributed by atoms with Gasteiger partial charge in [-0.1, -0.05) is 30.4 Å². The van der Waals surface area contributed by atoms with Crippen LogP contribution in [0.4, 0.5) is 0 Å². The lowest BCUT2D eigenvalue weighted by atomic mass is 9.97. The van der Waals surface area contributed by atoms with Crippen molar-refractivity contribution in [1.29, 1.82) is 10.5 Å². The number of fused-ring (bicyclic) bond motifs is 3. The maximum atomic E-state index is 12.0. The first kappa shape index (κ1) is 24.4. The summed E-state index contributed by atoms with van der Waals surface area (Å²) in [4.78, 5) is 16.0. The van der Waals surface area contributed by atoms with Crippen molar-refractivity contribution in [2.75, 3.05) is 0 Å². The summed E-state index contributed by atoms with van der Waals surface area (Å²) in [5.41, 5.74) is 7.16. The van der Waals surface area contributed by atoms with Crippen LogP contribution in [0, 0.1) is 22.7 Å². The van der Waals surface area contributed by atoms with Gasteiger partial charge in [0, 0.05) is 46.3 Å². The molecule has 0 amide bonds. The predicted molar refractivity (Wildman–Crippen MR) is 153 cm³/mol. The van der Waals surface area contributed by atoms with Gasteiger partial charge in [0.15, 0.2) is 5.78 Å². The van der Waals surface area contributed by atoms with Crippen LogP contribution in [0.2, 0.25) is 0 Å². The normalized spacial score (nSPS) is 11.4. The minimum atomic E-state index is 0.0387. The zero-order valence-electron chi connectivity index (χ0n) is 21.1. The zero-order chi connectivity index (χ0) is 26.6. The fourth-order valence-corrected chi connectivity index (χ4v) is 4.73. The van der Waals surface area contributed by atoms with Crippen LogP contribution >= 0.6 is 0 Å². The summed E-state index contributed by atoms with van der Waals surface area (Å²) in [5.74, 6) is 0.0387. The molecule has 0 spiro atoms. The average molecular weight is 493 g/mol. The van der Waals surface area contributed by atoms with E-state index in [1.54, 1.807) is 31.5 Å². The summed E-state index contributed by atoms with van der Waals surface area (Å²) < 4.78 is 2.24. The summed E-state index contributed by atoms with van der Waals surface area (Å²) in [6.07, 6.45) is 11.0. The molecule has 2 aromatic heterocycles. The van der Waals surface area contributed by atoms with Gasteiger partial charge in [-0.25, -0.2) is 0 Å². The van der Waals surface area contributed by atoms with Crippen molar-refractivity contribution in [2.45, 2.75) is 20.4 Å². The molecule has 0 unspecified atom stereocenters. The van der Waals surface area contributed by atoms with Gasteiger partial charge in [0.25, 0.3) is 0 Å². The molecule has 0 bridgehead atoms. The van der Waals surface area contributed by atoms with E-state index in [1.807, 2.05) is 60.7 Å². The van der Waals surface area contributed by atoms with Gasteiger partial charge in [0.05, 0.1) is 23.3 Å². The molecule has 5 rings (SSSR count). The zero-order valence-corrected chi connectivity index (χ0v) is 21.1. The minimum Gasteiger partial charge on any atom is -0.341 e. The number of benzene rings is 3. The van der Waals surface area contributed by atoms with E-state index in [4.69, 9.17) is 0 Å². The molecule has 38 heavy (non-hydrogen) atoms. The highest BCUT2D eigenvalue weighted by atomic mass is 16.1.